The van der Waals surface area contributed by atoms with Crippen LogP contribution in [0.25, 0.3) is 0 Å². The van der Waals surface area contributed by atoms with Crippen molar-refractivity contribution < 1.29 is 23.7 Å². The minimum atomic E-state index is -0.203. The first-order valence-electron chi connectivity index (χ1n) is 10.1. The molecule has 1 amide bonds. The third-order valence-corrected chi connectivity index (χ3v) is 4.12. The number of hydrogen-bond donors (Lipinski definition) is 1. The standard InChI is InChI=1S/C24H26N2O5/c1-2-29-21-10-6-7-11-22(21)31-24-13-12-19(17-26-24)16-25-23(27)18-28-14-15-30-20-8-4-3-5-9-20/h3-13,17H,2,14-16,18H2,1H3,(H,25,27). The maximum atomic E-state index is 11.9. The Balaban J connectivity index is 1.35. The Morgan fingerprint density at radius 3 is 2.42 bits per heavy atom. The van der Waals surface area contributed by atoms with E-state index in [1.165, 1.54) is 0 Å². The molecule has 2 aromatic carbocycles. The van der Waals surface area contributed by atoms with Gasteiger partial charge in [0.1, 0.15) is 19.0 Å². The summed E-state index contributed by atoms with van der Waals surface area (Å²) in [4.78, 5) is 16.2. The largest absolute Gasteiger partial charge is 0.491 e. The molecule has 3 rings (SSSR count). The van der Waals surface area contributed by atoms with Crippen molar-refractivity contribution in [1.29, 1.82) is 0 Å². The lowest BCUT2D eigenvalue weighted by atomic mass is 10.3. The predicted molar refractivity (Wildman–Crippen MR) is 117 cm³/mol. The van der Waals surface area contributed by atoms with Crippen LogP contribution in [0.1, 0.15) is 12.5 Å². The zero-order chi connectivity index (χ0) is 21.7. The number of amides is 1. The molecule has 7 nitrogen and oxygen atoms in total. The van der Waals surface area contributed by atoms with Crippen molar-refractivity contribution in [2.45, 2.75) is 13.5 Å². The van der Waals surface area contributed by atoms with Crippen LogP contribution in [0.15, 0.2) is 72.9 Å². The van der Waals surface area contributed by atoms with Crippen molar-refractivity contribution in [2.75, 3.05) is 26.4 Å². The van der Waals surface area contributed by atoms with Gasteiger partial charge in [-0.25, -0.2) is 4.98 Å². The highest BCUT2D eigenvalue weighted by atomic mass is 16.5. The number of pyridine rings is 1. The molecule has 0 atom stereocenters. The Morgan fingerprint density at radius 2 is 1.68 bits per heavy atom. The maximum absolute atomic E-state index is 11.9. The predicted octanol–water partition coefficient (Wildman–Crippen LogP) is 3.98. The molecule has 162 valence electrons. The van der Waals surface area contributed by atoms with Gasteiger partial charge in [0.2, 0.25) is 11.8 Å². The first-order valence-corrected chi connectivity index (χ1v) is 10.1. The number of para-hydroxylation sites is 3. The van der Waals surface area contributed by atoms with Crippen molar-refractivity contribution in [2.24, 2.45) is 0 Å². The van der Waals surface area contributed by atoms with E-state index in [-0.39, 0.29) is 12.5 Å². The van der Waals surface area contributed by atoms with E-state index < -0.39 is 0 Å². The van der Waals surface area contributed by atoms with E-state index in [1.54, 1.807) is 12.3 Å². The fourth-order valence-corrected chi connectivity index (χ4v) is 2.65. The van der Waals surface area contributed by atoms with Crippen LogP contribution < -0.4 is 19.5 Å². The quantitative estimate of drug-likeness (QED) is 0.445. The molecule has 31 heavy (non-hydrogen) atoms. The maximum Gasteiger partial charge on any atom is 0.246 e. The summed E-state index contributed by atoms with van der Waals surface area (Å²) in [6.07, 6.45) is 1.66. The van der Waals surface area contributed by atoms with Crippen LogP contribution >= 0.6 is 0 Å². The number of rotatable bonds is 12. The number of aromatic nitrogens is 1. The Labute approximate surface area is 181 Å². The average molecular weight is 422 g/mol. The Hall–Kier alpha value is -3.58. The van der Waals surface area contributed by atoms with Gasteiger partial charge >= 0.3 is 0 Å². The van der Waals surface area contributed by atoms with E-state index >= 15 is 0 Å². The van der Waals surface area contributed by atoms with E-state index in [1.807, 2.05) is 67.6 Å². The second kappa shape index (κ2) is 12.2. The number of carbonyl (C=O) groups is 1. The molecule has 0 spiro atoms. The van der Waals surface area contributed by atoms with Gasteiger partial charge in [-0.3, -0.25) is 4.79 Å². The number of benzene rings is 2. The van der Waals surface area contributed by atoms with E-state index in [4.69, 9.17) is 18.9 Å². The SMILES string of the molecule is CCOc1ccccc1Oc1ccc(CNC(=O)COCCOc2ccccc2)cn1. The van der Waals surface area contributed by atoms with Crippen LogP contribution in [0, 0.1) is 0 Å². The minimum Gasteiger partial charge on any atom is -0.491 e. The minimum absolute atomic E-state index is 0.0268. The van der Waals surface area contributed by atoms with Crippen molar-refractivity contribution in [3.05, 3.63) is 78.5 Å². The highest BCUT2D eigenvalue weighted by Crippen LogP contribution is 2.30. The number of nitrogens with zero attached hydrogens (tertiary/aromatic N) is 1. The molecular weight excluding hydrogens is 396 g/mol. The number of hydrogen-bond acceptors (Lipinski definition) is 6. The lowest BCUT2D eigenvalue weighted by Crippen LogP contribution is -2.27. The van der Waals surface area contributed by atoms with Crippen LogP contribution in [0.2, 0.25) is 0 Å². The van der Waals surface area contributed by atoms with E-state index in [9.17, 15) is 4.79 Å². The fourth-order valence-electron chi connectivity index (χ4n) is 2.65. The molecule has 0 saturated carbocycles. The number of nitrogens with one attached hydrogen (secondary N) is 1. The second-order valence-corrected chi connectivity index (χ2v) is 6.48. The molecule has 0 unspecified atom stereocenters. The second-order valence-electron chi connectivity index (χ2n) is 6.48. The van der Waals surface area contributed by atoms with Gasteiger partial charge in [-0.05, 0) is 36.8 Å². The molecule has 0 radical (unpaired) electrons. The van der Waals surface area contributed by atoms with Crippen molar-refractivity contribution in [1.82, 2.24) is 10.3 Å². The highest BCUT2D eigenvalue weighted by molar-refractivity contribution is 5.77. The summed E-state index contributed by atoms with van der Waals surface area (Å²) in [7, 11) is 0. The van der Waals surface area contributed by atoms with Gasteiger partial charge < -0.3 is 24.3 Å². The molecule has 1 heterocycles. The van der Waals surface area contributed by atoms with Crippen LogP contribution in [0.4, 0.5) is 0 Å². The first-order chi connectivity index (χ1) is 15.2. The van der Waals surface area contributed by atoms with Crippen molar-refractivity contribution in [3.63, 3.8) is 0 Å². The summed E-state index contributed by atoms with van der Waals surface area (Å²) in [5, 5.41) is 2.80. The monoisotopic (exact) mass is 422 g/mol. The van der Waals surface area contributed by atoms with E-state index in [2.05, 4.69) is 10.3 Å². The topological polar surface area (TPSA) is 78.9 Å². The van der Waals surface area contributed by atoms with E-state index in [0.29, 0.717) is 43.7 Å². The van der Waals surface area contributed by atoms with Crippen LogP contribution in [-0.4, -0.2) is 37.3 Å². The molecule has 0 saturated heterocycles. The number of carbonyl (C=O) groups excluding carboxylic acids is 1. The summed E-state index contributed by atoms with van der Waals surface area (Å²) in [6.45, 7) is 3.51. The van der Waals surface area contributed by atoms with Gasteiger partial charge in [0, 0.05) is 18.8 Å². The van der Waals surface area contributed by atoms with Crippen LogP contribution in [0.5, 0.6) is 23.1 Å². The van der Waals surface area contributed by atoms with Crippen LogP contribution in [-0.2, 0) is 16.1 Å². The zero-order valence-corrected chi connectivity index (χ0v) is 17.5. The number of ether oxygens (including phenoxy) is 4. The Kier molecular flexibility index (Phi) is 8.70. The van der Waals surface area contributed by atoms with Gasteiger partial charge in [0.25, 0.3) is 0 Å². The lowest BCUT2D eigenvalue weighted by molar-refractivity contribution is -0.126. The summed E-state index contributed by atoms with van der Waals surface area (Å²) in [6, 6.07) is 20.5. The van der Waals surface area contributed by atoms with E-state index in [0.717, 1.165) is 11.3 Å². The molecule has 0 aliphatic carbocycles. The zero-order valence-electron chi connectivity index (χ0n) is 17.5. The molecule has 0 bridgehead atoms. The third-order valence-electron chi connectivity index (χ3n) is 4.12. The van der Waals surface area contributed by atoms with Crippen LogP contribution in [0.3, 0.4) is 0 Å². The van der Waals surface area contributed by atoms with Gasteiger partial charge in [-0.2, -0.15) is 0 Å². The molecular formula is C24H26N2O5. The highest BCUT2D eigenvalue weighted by Gasteiger charge is 2.07. The van der Waals surface area contributed by atoms with Gasteiger partial charge in [0.15, 0.2) is 11.5 Å². The van der Waals surface area contributed by atoms with Gasteiger partial charge in [-0.1, -0.05) is 36.4 Å². The summed E-state index contributed by atoms with van der Waals surface area (Å²) in [5.41, 5.74) is 0.853. The molecule has 0 fully saturated rings. The molecule has 7 heteroatoms. The van der Waals surface area contributed by atoms with Gasteiger partial charge in [0.05, 0.1) is 13.2 Å². The Morgan fingerprint density at radius 1 is 0.903 bits per heavy atom. The average Bonchev–Trinajstić information content (AvgIpc) is 2.80. The Bertz CT molecular complexity index is 932. The molecule has 0 aliphatic heterocycles. The normalized spacial score (nSPS) is 10.4. The molecule has 3 aromatic rings. The molecule has 1 N–H and O–H groups in total. The smallest absolute Gasteiger partial charge is 0.246 e. The fraction of sp³-hybridized carbons (Fsp3) is 0.250. The van der Waals surface area contributed by atoms with Crippen molar-refractivity contribution in [3.8, 4) is 23.1 Å². The molecule has 0 aliphatic rings. The van der Waals surface area contributed by atoms with Crippen molar-refractivity contribution >= 4 is 5.91 Å². The lowest BCUT2D eigenvalue weighted by Gasteiger charge is -2.11. The summed E-state index contributed by atoms with van der Waals surface area (Å²) < 4.78 is 22.2. The third kappa shape index (κ3) is 7.64. The van der Waals surface area contributed by atoms with Gasteiger partial charge in [-0.15, -0.1) is 0 Å². The first kappa shape index (κ1) is 22.1. The summed E-state index contributed by atoms with van der Waals surface area (Å²) >= 11 is 0. The molecule has 1 aromatic heterocycles. The summed E-state index contributed by atoms with van der Waals surface area (Å²) in [5.74, 6) is 2.29.